The molecule has 1 aromatic heterocycles. The van der Waals surface area contributed by atoms with Gasteiger partial charge in [0.1, 0.15) is 12.4 Å². The van der Waals surface area contributed by atoms with Gasteiger partial charge in [-0.2, -0.15) is 0 Å². The first kappa shape index (κ1) is 13.8. The molecule has 0 aliphatic rings. The molecule has 0 aliphatic carbocycles. The number of primary amides is 1. The van der Waals surface area contributed by atoms with E-state index in [1.165, 1.54) is 18.2 Å². The summed E-state index contributed by atoms with van der Waals surface area (Å²) >= 11 is 0. The molecule has 0 bridgehead atoms. The quantitative estimate of drug-likeness (QED) is 0.889. The Morgan fingerprint density at radius 1 is 1.35 bits per heavy atom. The van der Waals surface area contributed by atoms with E-state index in [-0.39, 0.29) is 23.6 Å². The van der Waals surface area contributed by atoms with Gasteiger partial charge in [0, 0.05) is 16.8 Å². The molecule has 4 N–H and O–H groups in total. The number of carbonyl (C=O) groups is 1. The molecule has 1 aromatic carbocycles. The standard InChI is InChI=1S/C14H14FN3O2/c1-8-2-5-12(13(16)18-8)20-7-10-6-9(14(17)19)3-4-11(10)15/h2-6H,7H2,1H3,(H2,16,18)(H2,17,19). The van der Waals surface area contributed by atoms with Crippen LogP contribution in [0, 0.1) is 12.7 Å². The SMILES string of the molecule is Cc1ccc(OCc2cc(C(N)=O)ccc2F)c(N)n1. The number of aromatic nitrogens is 1. The third kappa shape index (κ3) is 3.03. The summed E-state index contributed by atoms with van der Waals surface area (Å²) in [5, 5.41) is 0. The zero-order chi connectivity index (χ0) is 14.7. The molecule has 20 heavy (non-hydrogen) atoms. The van der Waals surface area contributed by atoms with Crippen LogP contribution in [0.15, 0.2) is 30.3 Å². The molecule has 1 amide bonds. The van der Waals surface area contributed by atoms with Gasteiger partial charge in [0.15, 0.2) is 11.6 Å². The molecule has 5 nitrogen and oxygen atoms in total. The zero-order valence-corrected chi connectivity index (χ0v) is 10.9. The molecule has 6 heteroatoms. The minimum absolute atomic E-state index is 0.0676. The van der Waals surface area contributed by atoms with Crippen LogP contribution in [-0.2, 0) is 6.61 Å². The van der Waals surface area contributed by atoms with Crippen LogP contribution in [-0.4, -0.2) is 10.9 Å². The average Bonchev–Trinajstić information content (AvgIpc) is 2.39. The molecule has 0 aliphatic heterocycles. The molecule has 0 saturated carbocycles. The number of nitrogens with zero attached hydrogens (tertiary/aromatic N) is 1. The van der Waals surface area contributed by atoms with Crippen molar-refractivity contribution in [2.75, 3.05) is 5.73 Å². The second-order valence-corrected chi connectivity index (χ2v) is 4.30. The Morgan fingerprint density at radius 2 is 2.10 bits per heavy atom. The fourth-order valence-electron chi connectivity index (χ4n) is 1.68. The van der Waals surface area contributed by atoms with Gasteiger partial charge in [0.05, 0.1) is 0 Å². The van der Waals surface area contributed by atoms with E-state index < -0.39 is 11.7 Å². The number of nitrogen functional groups attached to an aromatic ring is 1. The maximum atomic E-state index is 13.6. The lowest BCUT2D eigenvalue weighted by atomic mass is 10.1. The number of aryl methyl sites for hydroxylation is 1. The fraction of sp³-hybridized carbons (Fsp3) is 0.143. The first-order valence-electron chi connectivity index (χ1n) is 5.91. The molecule has 2 aromatic rings. The Balaban J connectivity index is 2.18. The molecular formula is C14H14FN3O2. The van der Waals surface area contributed by atoms with Crippen LogP contribution >= 0.6 is 0 Å². The number of amides is 1. The fourth-order valence-corrected chi connectivity index (χ4v) is 1.68. The molecule has 2 rings (SSSR count). The van der Waals surface area contributed by atoms with E-state index in [9.17, 15) is 9.18 Å². The van der Waals surface area contributed by atoms with Gasteiger partial charge in [-0.1, -0.05) is 0 Å². The maximum absolute atomic E-state index is 13.6. The Morgan fingerprint density at radius 3 is 2.75 bits per heavy atom. The molecule has 0 fully saturated rings. The first-order chi connectivity index (χ1) is 9.47. The molecule has 0 unspecified atom stereocenters. The number of nitrogens with two attached hydrogens (primary N) is 2. The number of hydrogen-bond acceptors (Lipinski definition) is 4. The normalized spacial score (nSPS) is 10.3. The van der Waals surface area contributed by atoms with Gasteiger partial charge in [-0.05, 0) is 37.3 Å². The summed E-state index contributed by atoms with van der Waals surface area (Å²) < 4.78 is 19.0. The maximum Gasteiger partial charge on any atom is 0.248 e. The zero-order valence-electron chi connectivity index (χ0n) is 10.9. The second kappa shape index (κ2) is 5.56. The Labute approximate surface area is 115 Å². The predicted molar refractivity (Wildman–Crippen MR) is 72.6 cm³/mol. The highest BCUT2D eigenvalue weighted by atomic mass is 19.1. The van der Waals surface area contributed by atoms with Crippen molar-refractivity contribution in [3.05, 3.63) is 53.0 Å². The van der Waals surface area contributed by atoms with Crippen molar-refractivity contribution in [1.82, 2.24) is 4.98 Å². The minimum Gasteiger partial charge on any atom is -0.485 e. The van der Waals surface area contributed by atoms with E-state index in [0.717, 1.165) is 5.69 Å². The summed E-state index contributed by atoms with van der Waals surface area (Å²) in [5.41, 5.74) is 12.1. The van der Waals surface area contributed by atoms with Crippen molar-refractivity contribution >= 4 is 11.7 Å². The second-order valence-electron chi connectivity index (χ2n) is 4.30. The summed E-state index contributed by atoms with van der Waals surface area (Å²) in [4.78, 5) is 15.1. The number of ether oxygens (including phenoxy) is 1. The molecule has 0 saturated heterocycles. The van der Waals surface area contributed by atoms with Gasteiger partial charge in [0.25, 0.3) is 0 Å². The van der Waals surface area contributed by atoms with E-state index in [4.69, 9.17) is 16.2 Å². The number of rotatable bonds is 4. The van der Waals surface area contributed by atoms with E-state index >= 15 is 0 Å². The summed E-state index contributed by atoms with van der Waals surface area (Å²) in [6.45, 7) is 1.73. The number of hydrogen-bond donors (Lipinski definition) is 2. The average molecular weight is 275 g/mol. The number of benzene rings is 1. The lowest BCUT2D eigenvalue weighted by molar-refractivity contribution is 0.1000. The monoisotopic (exact) mass is 275 g/mol. The van der Waals surface area contributed by atoms with Gasteiger partial charge >= 0.3 is 0 Å². The van der Waals surface area contributed by atoms with Crippen molar-refractivity contribution < 1.29 is 13.9 Å². The summed E-state index contributed by atoms with van der Waals surface area (Å²) in [6.07, 6.45) is 0. The molecule has 1 heterocycles. The van der Waals surface area contributed by atoms with E-state index in [2.05, 4.69) is 4.98 Å². The highest BCUT2D eigenvalue weighted by molar-refractivity contribution is 5.92. The Kier molecular flexibility index (Phi) is 3.84. The summed E-state index contributed by atoms with van der Waals surface area (Å²) in [7, 11) is 0. The Bertz CT molecular complexity index is 659. The largest absolute Gasteiger partial charge is 0.485 e. The minimum atomic E-state index is -0.622. The topological polar surface area (TPSA) is 91.2 Å². The van der Waals surface area contributed by atoms with Crippen LogP contribution in [0.1, 0.15) is 21.6 Å². The smallest absolute Gasteiger partial charge is 0.248 e. The lowest BCUT2D eigenvalue weighted by Crippen LogP contribution is -2.12. The molecular weight excluding hydrogens is 261 g/mol. The van der Waals surface area contributed by atoms with Crippen LogP contribution in [0.5, 0.6) is 5.75 Å². The van der Waals surface area contributed by atoms with E-state index in [1.807, 2.05) is 0 Å². The lowest BCUT2D eigenvalue weighted by Gasteiger charge is -2.10. The van der Waals surface area contributed by atoms with Crippen molar-refractivity contribution in [2.24, 2.45) is 5.73 Å². The third-order valence-electron chi connectivity index (χ3n) is 2.74. The summed E-state index contributed by atoms with van der Waals surface area (Å²) in [6, 6.07) is 7.25. The van der Waals surface area contributed by atoms with Crippen LogP contribution < -0.4 is 16.2 Å². The van der Waals surface area contributed by atoms with Crippen LogP contribution in [0.4, 0.5) is 10.2 Å². The van der Waals surface area contributed by atoms with Crippen molar-refractivity contribution in [1.29, 1.82) is 0 Å². The predicted octanol–water partition coefficient (Wildman–Crippen LogP) is 1.79. The first-order valence-corrected chi connectivity index (χ1v) is 5.91. The molecule has 0 spiro atoms. The van der Waals surface area contributed by atoms with Gasteiger partial charge in [-0.3, -0.25) is 4.79 Å². The van der Waals surface area contributed by atoms with Gasteiger partial charge < -0.3 is 16.2 Å². The van der Waals surface area contributed by atoms with Crippen molar-refractivity contribution in [3.8, 4) is 5.75 Å². The molecule has 0 radical (unpaired) electrons. The summed E-state index contributed by atoms with van der Waals surface area (Å²) in [5.74, 6) is -0.507. The number of halogens is 1. The van der Waals surface area contributed by atoms with Crippen molar-refractivity contribution in [3.63, 3.8) is 0 Å². The van der Waals surface area contributed by atoms with Crippen LogP contribution in [0.2, 0.25) is 0 Å². The molecule has 0 atom stereocenters. The van der Waals surface area contributed by atoms with Crippen LogP contribution in [0.3, 0.4) is 0 Å². The van der Waals surface area contributed by atoms with Gasteiger partial charge in [0.2, 0.25) is 5.91 Å². The third-order valence-corrected chi connectivity index (χ3v) is 2.74. The Hall–Kier alpha value is -2.63. The molecule has 104 valence electrons. The number of pyridine rings is 1. The highest BCUT2D eigenvalue weighted by Gasteiger charge is 2.09. The number of carbonyl (C=O) groups excluding carboxylic acids is 1. The highest BCUT2D eigenvalue weighted by Crippen LogP contribution is 2.21. The van der Waals surface area contributed by atoms with Crippen LogP contribution in [0.25, 0.3) is 0 Å². The van der Waals surface area contributed by atoms with Gasteiger partial charge in [-0.15, -0.1) is 0 Å². The van der Waals surface area contributed by atoms with E-state index in [1.54, 1.807) is 19.1 Å². The number of anilines is 1. The van der Waals surface area contributed by atoms with Gasteiger partial charge in [-0.25, -0.2) is 9.37 Å². The van der Waals surface area contributed by atoms with Crippen molar-refractivity contribution in [2.45, 2.75) is 13.5 Å². The van der Waals surface area contributed by atoms with E-state index in [0.29, 0.717) is 5.75 Å².